The van der Waals surface area contributed by atoms with Gasteiger partial charge in [-0.25, -0.2) is 0 Å². The number of nitrogens with two attached hydrogens (primary N) is 2. The van der Waals surface area contributed by atoms with Gasteiger partial charge in [0.2, 0.25) is 0 Å². The maximum Gasteiger partial charge on any atom is 0.256 e. The first-order chi connectivity index (χ1) is 11.9. The van der Waals surface area contributed by atoms with E-state index in [1.165, 1.54) is 12.1 Å². The van der Waals surface area contributed by atoms with E-state index < -0.39 is 0 Å². The summed E-state index contributed by atoms with van der Waals surface area (Å²) < 4.78 is 0. The van der Waals surface area contributed by atoms with Crippen molar-refractivity contribution in [1.82, 2.24) is 0 Å². The van der Waals surface area contributed by atoms with Crippen LogP contribution in [0.15, 0.2) is 60.7 Å². The number of aromatic hydroxyl groups is 2. The molecule has 0 unspecified atom stereocenters. The van der Waals surface area contributed by atoms with E-state index in [4.69, 9.17) is 11.5 Å². The largest absolute Gasteiger partial charge is 0.508 e. The Balaban J connectivity index is 1.99. The molecule has 3 aromatic rings. The minimum absolute atomic E-state index is 0.0924. The van der Waals surface area contributed by atoms with Gasteiger partial charge >= 0.3 is 0 Å². The summed E-state index contributed by atoms with van der Waals surface area (Å²) in [7, 11) is 0. The summed E-state index contributed by atoms with van der Waals surface area (Å²) in [6.07, 6.45) is 0. The number of nitrogens with one attached hydrogen (secondary N) is 1. The summed E-state index contributed by atoms with van der Waals surface area (Å²) in [6, 6.07) is 16.0. The Hall–Kier alpha value is -3.67. The van der Waals surface area contributed by atoms with Crippen LogP contribution in [0.2, 0.25) is 0 Å². The molecule has 3 rings (SSSR count). The van der Waals surface area contributed by atoms with Crippen LogP contribution in [0.25, 0.3) is 11.1 Å². The molecule has 7 N–H and O–H groups in total. The van der Waals surface area contributed by atoms with E-state index >= 15 is 0 Å². The van der Waals surface area contributed by atoms with E-state index in [1.807, 2.05) is 0 Å². The molecule has 0 heterocycles. The van der Waals surface area contributed by atoms with Gasteiger partial charge in [0.15, 0.2) is 0 Å². The lowest BCUT2D eigenvalue weighted by Gasteiger charge is -2.12. The molecule has 0 atom stereocenters. The average molecular weight is 335 g/mol. The highest BCUT2D eigenvalue weighted by atomic mass is 16.3. The second-order valence-electron chi connectivity index (χ2n) is 5.58. The van der Waals surface area contributed by atoms with Crippen LogP contribution in [0, 0.1) is 0 Å². The number of amides is 1. The number of nitrogen functional groups attached to an aromatic ring is 2. The summed E-state index contributed by atoms with van der Waals surface area (Å²) in [6.45, 7) is 0. The maximum atomic E-state index is 12.7. The smallest absolute Gasteiger partial charge is 0.256 e. The fourth-order valence-electron chi connectivity index (χ4n) is 2.49. The third-order valence-corrected chi connectivity index (χ3v) is 3.73. The summed E-state index contributed by atoms with van der Waals surface area (Å²) in [5.41, 5.74) is 14.2. The van der Waals surface area contributed by atoms with Crippen LogP contribution in [0.5, 0.6) is 11.5 Å². The SMILES string of the molecule is Nc1ccc(C(=O)Nc2ccc(N)c(O)c2)c(-c2cccc(O)c2)c1. The predicted octanol–water partition coefficient (Wildman–Crippen LogP) is 3.18. The summed E-state index contributed by atoms with van der Waals surface area (Å²) >= 11 is 0. The van der Waals surface area contributed by atoms with Crippen molar-refractivity contribution < 1.29 is 15.0 Å². The van der Waals surface area contributed by atoms with Crippen LogP contribution in [-0.4, -0.2) is 16.1 Å². The first-order valence-electron chi connectivity index (χ1n) is 7.53. The highest BCUT2D eigenvalue weighted by Gasteiger charge is 2.14. The van der Waals surface area contributed by atoms with Crippen LogP contribution in [0.4, 0.5) is 17.1 Å². The van der Waals surface area contributed by atoms with Crippen molar-refractivity contribution in [3.63, 3.8) is 0 Å². The van der Waals surface area contributed by atoms with Gasteiger partial charge in [-0.1, -0.05) is 12.1 Å². The monoisotopic (exact) mass is 335 g/mol. The number of hydrogen-bond donors (Lipinski definition) is 5. The van der Waals surface area contributed by atoms with Gasteiger partial charge in [-0.3, -0.25) is 4.79 Å². The van der Waals surface area contributed by atoms with Crippen molar-refractivity contribution in [2.24, 2.45) is 0 Å². The van der Waals surface area contributed by atoms with E-state index in [9.17, 15) is 15.0 Å². The van der Waals surface area contributed by atoms with Gasteiger partial charge in [0, 0.05) is 23.0 Å². The number of carbonyl (C=O) groups is 1. The van der Waals surface area contributed by atoms with Crippen LogP contribution in [-0.2, 0) is 0 Å². The third-order valence-electron chi connectivity index (χ3n) is 3.73. The first-order valence-corrected chi connectivity index (χ1v) is 7.53. The number of rotatable bonds is 3. The zero-order chi connectivity index (χ0) is 18.0. The molecule has 0 fully saturated rings. The molecule has 0 saturated heterocycles. The number of phenolic OH excluding ortho intramolecular Hbond substituents is 2. The fourth-order valence-corrected chi connectivity index (χ4v) is 2.49. The van der Waals surface area contributed by atoms with Crippen LogP contribution in [0.1, 0.15) is 10.4 Å². The third kappa shape index (κ3) is 3.48. The van der Waals surface area contributed by atoms with E-state index in [-0.39, 0.29) is 23.1 Å². The normalized spacial score (nSPS) is 10.4. The summed E-state index contributed by atoms with van der Waals surface area (Å²) in [5.74, 6) is -0.388. The van der Waals surface area contributed by atoms with Crippen LogP contribution in [0.3, 0.4) is 0 Å². The molecule has 0 bridgehead atoms. The highest BCUT2D eigenvalue weighted by Crippen LogP contribution is 2.30. The van der Waals surface area contributed by atoms with Crippen molar-refractivity contribution in [2.75, 3.05) is 16.8 Å². The summed E-state index contributed by atoms with van der Waals surface area (Å²) in [4.78, 5) is 12.7. The highest BCUT2D eigenvalue weighted by molar-refractivity contribution is 6.09. The van der Waals surface area contributed by atoms with Gasteiger partial charge in [-0.05, 0) is 53.6 Å². The van der Waals surface area contributed by atoms with Gasteiger partial charge in [0.05, 0.1) is 5.69 Å². The van der Waals surface area contributed by atoms with Crippen molar-refractivity contribution >= 4 is 23.0 Å². The van der Waals surface area contributed by atoms with Gasteiger partial charge in [-0.2, -0.15) is 0 Å². The van der Waals surface area contributed by atoms with Gasteiger partial charge < -0.3 is 27.0 Å². The number of phenols is 2. The molecule has 0 aliphatic heterocycles. The van der Waals surface area contributed by atoms with Crippen LogP contribution < -0.4 is 16.8 Å². The predicted molar refractivity (Wildman–Crippen MR) is 98.4 cm³/mol. The lowest BCUT2D eigenvalue weighted by atomic mass is 9.98. The first kappa shape index (κ1) is 16.2. The molecule has 0 saturated carbocycles. The minimum Gasteiger partial charge on any atom is -0.508 e. The second kappa shape index (κ2) is 6.45. The minimum atomic E-state index is -0.373. The molecule has 0 aliphatic rings. The Kier molecular flexibility index (Phi) is 4.18. The molecule has 3 aromatic carbocycles. The molecular formula is C19H17N3O3. The van der Waals surface area contributed by atoms with Crippen molar-refractivity contribution in [3.8, 4) is 22.6 Å². The zero-order valence-electron chi connectivity index (χ0n) is 13.2. The Morgan fingerprint density at radius 1 is 0.920 bits per heavy atom. The Morgan fingerprint density at radius 3 is 2.44 bits per heavy atom. The van der Waals surface area contributed by atoms with Crippen LogP contribution >= 0.6 is 0 Å². The summed E-state index contributed by atoms with van der Waals surface area (Å²) in [5, 5.41) is 22.1. The molecule has 126 valence electrons. The molecule has 1 amide bonds. The van der Waals surface area contributed by atoms with E-state index in [1.54, 1.807) is 48.5 Å². The molecule has 6 nitrogen and oxygen atoms in total. The van der Waals surface area contributed by atoms with E-state index in [0.29, 0.717) is 28.1 Å². The van der Waals surface area contributed by atoms with Crippen molar-refractivity contribution in [3.05, 3.63) is 66.2 Å². The average Bonchev–Trinajstić information content (AvgIpc) is 2.58. The number of carbonyl (C=O) groups excluding carboxylic acids is 1. The number of benzene rings is 3. The quantitative estimate of drug-likeness (QED) is 0.372. The standard InChI is InChI=1S/C19H17N3O3/c20-12-4-6-15(16(9-12)11-2-1-3-14(23)8-11)19(25)22-13-5-7-17(21)18(24)10-13/h1-10,23-24H,20-21H2,(H,22,25). The fraction of sp³-hybridized carbons (Fsp3) is 0. The molecule has 0 aromatic heterocycles. The van der Waals surface area contributed by atoms with Gasteiger partial charge in [-0.15, -0.1) is 0 Å². The number of anilines is 3. The van der Waals surface area contributed by atoms with E-state index in [0.717, 1.165) is 0 Å². The molecule has 25 heavy (non-hydrogen) atoms. The topological polar surface area (TPSA) is 122 Å². The van der Waals surface area contributed by atoms with Gasteiger partial charge in [0.25, 0.3) is 5.91 Å². The van der Waals surface area contributed by atoms with Crippen molar-refractivity contribution in [2.45, 2.75) is 0 Å². The lowest BCUT2D eigenvalue weighted by molar-refractivity contribution is 0.102. The Morgan fingerprint density at radius 2 is 1.72 bits per heavy atom. The van der Waals surface area contributed by atoms with Crippen molar-refractivity contribution in [1.29, 1.82) is 0 Å². The number of hydrogen-bond acceptors (Lipinski definition) is 5. The molecule has 6 heteroatoms. The van der Waals surface area contributed by atoms with E-state index in [2.05, 4.69) is 5.32 Å². The Labute approximate surface area is 144 Å². The second-order valence-corrected chi connectivity index (χ2v) is 5.58. The Bertz CT molecular complexity index is 954. The lowest BCUT2D eigenvalue weighted by Crippen LogP contribution is -2.13. The van der Waals surface area contributed by atoms with Gasteiger partial charge in [0.1, 0.15) is 11.5 Å². The molecule has 0 radical (unpaired) electrons. The molecular weight excluding hydrogens is 318 g/mol. The zero-order valence-corrected chi connectivity index (χ0v) is 13.2. The molecule has 0 spiro atoms. The maximum absolute atomic E-state index is 12.7. The molecule has 0 aliphatic carbocycles.